The van der Waals surface area contributed by atoms with Crippen LogP contribution in [-0.2, 0) is 4.79 Å². The molecule has 0 radical (unpaired) electrons. The number of hydrogen-bond donors (Lipinski definition) is 1. The van der Waals surface area contributed by atoms with Crippen LogP contribution in [0.25, 0.3) is 11.3 Å². The zero-order chi connectivity index (χ0) is 20.7. The van der Waals surface area contributed by atoms with Crippen molar-refractivity contribution in [3.05, 3.63) is 35.7 Å². The molecule has 2 rings (SSSR count). The molecule has 0 bridgehead atoms. The van der Waals surface area contributed by atoms with E-state index in [1.807, 2.05) is 0 Å². The summed E-state index contributed by atoms with van der Waals surface area (Å²) in [6.45, 7) is 0. The first-order chi connectivity index (χ1) is 12.2. The van der Waals surface area contributed by atoms with Gasteiger partial charge in [-0.25, -0.2) is 4.98 Å². The minimum Gasteiger partial charge on any atom is -0.296 e. The third-order valence-corrected chi connectivity index (χ3v) is 3.98. The topological polar surface area (TPSA) is 42.0 Å². The van der Waals surface area contributed by atoms with E-state index in [0.29, 0.717) is 16.9 Å². The third-order valence-electron chi connectivity index (χ3n) is 3.22. The first kappa shape index (κ1) is 21.0. The highest BCUT2D eigenvalue weighted by molar-refractivity contribution is 7.14. The summed E-state index contributed by atoms with van der Waals surface area (Å²) < 4.78 is 115. The second kappa shape index (κ2) is 6.69. The van der Waals surface area contributed by atoms with Gasteiger partial charge >= 0.3 is 29.9 Å². The fourth-order valence-corrected chi connectivity index (χ4v) is 2.48. The summed E-state index contributed by atoms with van der Waals surface area (Å²) in [5.74, 6) is -23.6. The Labute approximate surface area is 148 Å². The Balaban J connectivity index is 2.25. The molecule has 0 unspecified atom stereocenters. The molecule has 1 N–H and O–H groups in total. The van der Waals surface area contributed by atoms with E-state index in [1.165, 1.54) is 17.5 Å². The van der Waals surface area contributed by atoms with Crippen molar-refractivity contribution in [2.75, 3.05) is 5.32 Å². The van der Waals surface area contributed by atoms with Crippen molar-refractivity contribution in [2.45, 2.75) is 23.9 Å². The van der Waals surface area contributed by atoms with Crippen LogP contribution in [-0.4, -0.2) is 34.8 Å². The molecular weight excluding hydrogens is 415 g/mol. The number of aromatic nitrogens is 1. The second-order valence-electron chi connectivity index (χ2n) is 5.08. The van der Waals surface area contributed by atoms with Crippen molar-refractivity contribution < 1.29 is 44.3 Å². The fourth-order valence-electron chi connectivity index (χ4n) is 1.77. The van der Waals surface area contributed by atoms with Crippen LogP contribution in [0.4, 0.5) is 44.6 Å². The lowest BCUT2D eigenvalue weighted by Gasteiger charge is -2.32. The number of amides is 1. The van der Waals surface area contributed by atoms with Gasteiger partial charge in [-0.3, -0.25) is 10.1 Å². The third kappa shape index (κ3) is 3.59. The molecule has 1 heterocycles. The second-order valence-corrected chi connectivity index (χ2v) is 5.94. The normalized spacial score (nSPS) is 13.5. The van der Waals surface area contributed by atoms with E-state index in [1.54, 1.807) is 18.2 Å². The molecule has 0 saturated carbocycles. The highest BCUT2D eigenvalue weighted by atomic mass is 32.1. The van der Waals surface area contributed by atoms with Gasteiger partial charge in [0.15, 0.2) is 5.13 Å². The van der Waals surface area contributed by atoms with Crippen LogP contribution < -0.4 is 5.32 Å². The zero-order valence-corrected chi connectivity index (χ0v) is 13.4. The molecule has 0 aliphatic heterocycles. The number of alkyl halides is 9. The first-order valence-electron chi connectivity index (χ1n) is 6.74. The van der Waals surface area contributed by atoms with Crippen LogP contribution in [0.15, 0.2) is 35.7 Å². The van der Waals surface area contributed by atoms with Gasteiger partial charge in [0.25, 0.3) is 0 Å². The number of carbonyl (C=O) groups excluding carboxylic acids is 1. The molecule has 0 spiro atoms. The standard InChI is InChI=1S/C14H7F9N2OS/c15-11(16,12(17,18)13(19,20)14(21,22)23)9(26)25-10-24-8(6-27-10)7-4-2-1-3-5-7/h1-6H,(H,24,25,26). The van der Waals surface area contributed by atoms with Crippen LogP contribution in [0.1, 0.15) is 0 Å². The van der Waals surface area contributed by atoms with Gasteiger partial charge in [-0.05, 0) is 0 Å². The molecule has 0 atom stereocenters. The number of carbonyl (C=O) groups is 1. The molecule has 1 aromatic heterocycles. The van der Waals surface area contributed by atoms with Crippen molar-refractivity contribution in [3.8, 4) is 11.3 Å². The summed E-state index contributed by atoms with van der Waals surface area (Å²) in [4.78, 5) is 15.0. The first-order valence-corrected chi connectivity index (χ1v) is 7.62. The molecule has 0 aliphatic carbocycles. The van der Waals surface area contributed by atoms with E-state index in [9.17, 15) is 44.3 Å². The van der Waals surface area contributed by atoms with Gasteiger partial charge in [0.1, 0.15) is 0 Å². The smallest absolute Gasteiger partial charge is 0.296 e. The van der Waals surface area contributed by atoms with Crippen molar-refractivity contribution in [2.24, 2.45) is 0 Å². The molecule has 2 aromatic rings. The molecule has 27 heavy (non-hydrogen) atoms. The summed E-state index contributed by atoms with van der Waals surface area (Å²) in [6.07, 6.45) is -7.00. The minimum atomic E-state index is -7.14. The molecule has 1 amide bonds. The number of hydrogen-bond acceptors (Lipinski definition) is 3. The Morgan fingerprint density at radius 1 is 0.889 bits per heavy atom. The molecule has 0 aliphatic rings. The minimum absolute atomic E-state index is 0.131. The lowest BCUT2D eigenvalue weighted by atomic mass is 10.0. The van der Waals surface area contributed by atoms with Gasteiger partial charge in [0.2, 0.25) is 0 Å². The maximum atomic E-state index is 13.5. The quantitative estimate of drug-likeness (QED) is 0.672. The zero-order valence-electron chi connectivity index (χ0n) is 12.6. The molecular formula is C14H7F9N2OS. The van der Waals surface area contributed by atoms with Crippen LogP contribution in [0.5, 0.6) is 0 Å². The molecule has 13 heteroatoms. The number of rotatable bonds is 5. The monoisotopic (exact) mass is 422 g/mol. The van der Waals surface area contributed by atoms with Crippen LogP contribution >= 0.6 is 11.3 Å². The van der Waals surface area contributed by atoms with Crippen LogP contribution in [0.3, 0.4) is 0 Å². The lowest BCUT2D eigenvalue weighted by Crippen LogP contribution is -2.64. The number of thiazole rings is 1. The Kier molecular flexibility index (Phi) is 5.20. The Morgan fingerprint density at radius 3 is 1.96 bits per heavy atom. The summed E-state index contributed by atoms with van der Waals surface area (Å²) >= 11 is 0.481. The van der Waals surface area contributed by atoms with Gasteiger partial charge < -0.3 is 0 Å². The van der Waals surface area contributed by atoms with E-state index in [-0.39, 0.29) is 5.69 Å². The Bertz CT molecular complexity index is 817. The van der Waals surface area contributed by atoms with Crippen LogP contribution in [0.2, 0.25) is 0 Å². The summed E-state index contributed by atoms with van der Waals surface area (Å²) in [5.41, 5.74) is 0.585. The summed E-state index contributed by atoms with van der Waals surface area (Å²) in [7, 11) is 0. The van der Waals surface area contributed by atoms with E-state index >= 15 is 0 Å². The maximum Gasteiger partial charge on any atom is 0.460 e. The van der Waals surface area contributed by atoms with E-state index in [0.717, 1.165) is 5.32 Å². The van der Waals surface area contributed by atoms with Crippen molar-refractivity contribution in [1.82, 2.24) is 4.98 Å². The number of benzene rings is 1. The van der Waals surface area contributed by atoms with Crippen molar-refractivity contribution >= 4 is 22.4 Å². The Morgan fingerprint density at radius 2 is 1.44 bits per heavy atom. The van der Waals surface area contributed by atoms with Gasteiger partial charge in [0, 0.05) is 10.9 Å². The highest BCUT2D eigenvalue weighted by Gasteiger charge is 2.83. The molecule has 0 fully saturated rings. The van der Waals surface area contributed by atoms with Gasteiger partial charge in [-0.15, -0.1) is 11.3 Å². The summed E-state index contributed by atoms with van der Waals surface area (Å²) in [6, 6.07) is 7.88. The largest absolute Gasteiger partial charge is 0.460 e. The van der Waals surface area contributed by atoms with Gasteiger partial charge in [-0.2, -0.15) is 39.5 Å². The van der Waals surface area contributed by atoms with Crippen molar-refractivity contribution in [3.63, 3.8) is 0 Å². The van der Waals surface area contributed by atoms with Gasteiger partial charge in [-0.1, -0.05) is 30.3 Å². The number of nitrogens with zero attached hydrogens (tertiary/aromatic N) is 1. The lowest BCUT2D eigenvalue weighted by molar-refractivity contribution is -0.388. The average Bonchev–Trinajstić information content (AvgIpc) is 3.02. The molecule has 0 saturated heterocycles. The van der Waals surface area contributed by atoms with Gasteiger partial charge in [0.05, 0.1) is 5.69 Å². The average molecular weight is 422 g/mol. The van der Waals surface area contributed by atoms with Crippen LogP contribution in [0, 0.1) is 0 Å². The Hall–Kier alpha value is -2.31. The number of halogens is 9. The highest BCUT2D eigenvalue weighted by Crippen LogP contribution is 2.53. The van der Waals surface area contributed by atoms with E-state index in [2.05, 4.69) is 4.98 Å². The molecule has 1 aromatic carbocycles. The van der Waals surface area contributed by atoms with E-state index in [4.69, 9.17) is 0 Å². The van der Waals surface area contributed by atoms with E-state index < -0.39 is 35.0 Å². The maximum absolute atomic E-state index is 13.5. The molecule has 3 nitrogen and oxygen atoms in total. The fraction of sp³-hybridized carbons (Fsp3) is 0.286. The SMILES string of the molecule is O=C(Nc1nc(-c2ccccc2)cs1)C(F)(F)C(F)(F)C(F)(F)C(F)(F)F. The predicted octanol–water partition coefficient (Wildman–Crippen LogP) is 5.22. The van der Waals surface area contributed by atoms with Crippen molar-refractivity contribution in [1.29, 1.82) is 0 Å². The molecule has 148 valence electrons. The number of anilines is 1. The number of nitrogens with one attached hydrogen (secondary N) is 1. The predicted molar refractivity (Wildman–Crippen MR) is 77.1 cm³/mol. The summed E-state index contributed by atoms with van der Waals surface area (Å²) in [5, 5.41) is 1.68.